The van der Waals surface area contributed by atoms with Crippen molar-refractivity contribution in [2.75, 3.05) is 66.3 Å². The predicted octanol–water partition coefficient (Wildman–Crippen LogP) is 8.73. The number of nitrogens with one attached hydrogen (secondary N) is 4. The summed E-state index contributed by atoms with van der Waals surface area (Å²) in [5.74, 6) is 1.79. The van der Waals surface area contributed by atoms with Crippen LogP contribution < -0.4 is 40.4 Å². The van der Waals surface area contributed by atoms with Gasteiger partial charge >= 0.3 is 6.03 Å². The van der Waals surface area contributed by atoms with E-state index in [0.717, 1.165) is 34.0 Å². The first-order valence-electron chi connectivity index (χ1n) is 17.1. The van der Waals surface area contributed by atoms with Gasteiger partial charge in [-0.15, -0.1) is 0 Å². The molecular formula is C39H47N6O7PS. The van der Waals surface area contributed by atoms with Crippen LogP contribution in [-0.2, 0) is 24.5 Å². The number of pyridine rings is 1. The van der Waals surface area contributed by atoms with Crippen molar-refractivity contribution in [3.8, 4) is 17.2 Å². The fourth-order valence-electron chi connectivity index (χ4n) is 5.83. The Morgan fingerprint density at radius 3 is 2.24 bits per heavy atom. The Kier molecular flexibility index (Phi) is 11.8. The van der Waals surface area contributed by atoms with Gasteiger partial charge in [-0.1, -0.05) is 45.0 Å². The number of amides is 2. The van der Waals surface area contributed by atoms with Crippen molar-refractivity contribution in [2.45, 2.75) is 33.1 Å². The van der Waals surface area contributed by atoms with Crippen molar-refractivity contribution in [3.05, 3.63) is 90.6 Å². The largest absolute Gasteiger partial charge is 0.492 e. The summed E-state index contributed by atoms with van der Waals surface area (Å²) in [5.41, 5.74) is 2.97. The van der Waals surface area contributed by atoms with E-state index in [1.165, 1.54) is 7.11 Å². The third-order valence-corrected chi connectivity index (χ3v) is 10.9. The molecule has 286 valence electrons. The molecular weight excluding hydrogens is 728 g/mol. The van der Waals surface area contributed by atoms with Crippen LogP contribution in [0.5, 0.6) is 17.2 Å². The second kappa shape index (κ2) is 16.0. The number of ether oxygens (including phenoxy) is 2. The van der Waals surface area contributed by atoms with Gasteiger partial charge in [0.25, 0.3) is 0 Å². The molecule has 15 heteroatoms. The van der Waals surface area contributed by atoms with E-state index >= 15 is 0 Å². The van der Waals surface area contributed by atoms with E-state index in [2.05, 4.69) is 25.7 Å². The number of rotatable bonds is 13. The van der Waals surface area contributed by atoms with Crippen molar-refractivity contribution >= 4 is 73.8 Å². The molecule has 1 heterocycles. The zero-order chi connectivity index (χ0) is 39.4. The fraction of sp³-hybridized carbons (Fsp3) is 0.282. The van der Waals surface area contributed by atoms with Gasteiger partial charge in [0.1, 0.15) is 17.3 Å². The van der Waals surface area contributed by atoms with E-state index in [0.29, 0.717) is 40.6 Å². The van der Waals surface area contributed by atoms with E-state index in [9.17, 15) is 17.8 Å². The number of hydrogen-bond acceptors (Lipinski definition) is 10. The molecule has 54 heavy (non-hydrogen) atoms. The third-order valence-electron chi connectivity index (χ3n) is 8.34. The number of carbonyl (C=O) groups is 1. The molecule has 0 spiro atoms. The number of anilines is 6. The molecule has 5 aromatic rings. The highest BCUT2D eigenvalue weighted by Gasteiger charge is 2.25. The Morgan fingerprint density at radius 2 is 1.59 bits per heavy atom. The van der Waals surface area contributed by atoms with E-state index in [-0.39, 0.29) is 16.9 Å². The predicted molar refractivity (Wildman–Crippen MR) is 220 cm³/mol. The molecule has 0 radical (unpaired) electrons. The molecule has 0 bridgehead atoms. The minimum Gasteiger partial charge on any atom is -0.492 e. The highest BCUT2D eigenvalue weighted by molar-refractivity contribution is 7.92. The van der Waals surface area contributed by atoms with Gasteiger partial charge < -0.3 is 34.8 Å². The first-order chi connectivity index (χ1) is 25.4. The summed E-state index contributed by atoms with van der Waals surface area (Å²) in [7, 11) is -1.47. The van der Waals surface area contributed by atoms with Crippen molar-refractivity contribution in [3.63, 3.8) is 0 Å². The maximum Gasteiger partial charge on any atom is 0.323 e. The van der Waals surface area contributed by atoms with Crippen LogP contribution in [0.1, 0.15) is 33.3 Å². The number of sulfonamides is 1. The molecule has 4 aromatic carbocycles. The number of carbonyl (C=O) groups excluding carboxylic acids is 1. The molecule has 13 nitrogen and oxygen atoms in total. The fourth-order valence-corrected chi connectivity index (χ4v) is 8.04. The van der Waals surface area contributed by atoms with Crippen molar-refractivity contribution in [1.82, 2.24) is 4.98 Å². The highest BCUT2D eigenvalue weighted by atomic mass is 32.2. The smallest absolute Gasteiger partial charge is 0.323 e. The number of hydrogen-bond donors (Lipinski definition) is 4. The molecule has 1 aromatic heterocycles. The Hall–Kier alpha value is -5.30. The lowest BCUT2D eigenvalue weighted by Gasteiger charge is -2.24. The highest BCUT2D eigenvalue weighted by Crippen LogP contribution is 2.45. The quantitative estimate of drug-likeness (QED) is 0.0852. The van der Waals surface area contributed by atoms with Crippen molar-refractivity contribution < 1.29 is 31.8 Å². The second-order valence-corrected chi connectivity index (χ2v) is 18.1. The number of benzene rings is 4. The summed E-state index contributed by atoms with van der Waals surface area (Å²) in [6, 6.07) is 23.0. The van der Waals surface area contributed by atoms with Gasteiger partial charge in [-0.3, -0.25) is 9.29 Å². The van der Waals surface area contributed by atoms with Crippen LogP contribution in [0.4, 0.5) is 39.0 Å². The number of nitrogens with zero attached hydrogens (tertiary/aromatic N) is 2. The van der Waals surface area contributed by atoms with Crippen molar-refractivity contribution in [2.24, 2.45) is 0 Å². The van der Waals surface area contributed by atoms with E-state index in [1.54, 1.807) is 49.3 Å². The molecule has 5 rings (SSSR count). The maximum absolute atomic E-state index is 13.5. The molecule has 1 atom stereocenters. The SMILES string of the molecule is CCOP(C)(=O)c1ccc(Nc2cc(Oc3ccc(NC(=O)Nc4cc(C(C)(C)C)cc(NS(C)(=O)=O)c4OC)c4ccccc34)ccn2)cc1N(C)C. The van der Waals surface area contributed by atoms with E-state index in [4.69, 9.17) is 14.0 Å². The van der Waals surface area contributed by atoms with Crippen LogP contribution in [0, 0.1) is 0 Å². The lowest BCUT2D eigenvalue weighted by molar-refractivity contribution is 0.262. The number of aromatic nitrogens is 1. The number of urea groups is 1. The maximum atomic E-state index is 13.5. The standard InChI is InChI=1S/C39H47N6O7PS/c1-10-51-53(8,47)35-18-15-26(23-33(35)45(5)6)41-36-24-27(19-20-40-36)52-34-17-16-30(28-13-11-12-14-29(28)34)42-38(46)43-31-21-25(39(2,3)4)22-32(37(31)50-7)44-54(9,48)49/h11-24,44H,10H2,1-9H3,(H,40,41)(H2,42,43,46). The minimum atomic E-state index is -3.64. The zero-order valence-corrected chi connectivity index (χ0v) is 33.6. The van der Waals surface area contributed by atoms with Crippen molar-refractivity contribution in [1.29, 1.82) is 0 Å². The Bertz CT molecular complexity index is 2340. The normalized spacial score (nSPS) is 12.8. The monoisotopic (exact) mass is 774 g/mol. The third kappa shape index (κ3) is 9.62. The molecule has 0 aliphatic heterocycles. The van der Waals surface area contributed by atoms with Crippen LogP contribution in [0.3, 0.4) is 0 Å². The Morgan fingerprint density at radius 1 is 0.907 bits per heavy atom. The summed E-state index contributed by atoms with van der Waals surface area (Å²) in [6.45, 7) is 9.74. The molecule has 2 amide bonds. The molecule has 0 saturated heterocycles. The first kappa shape index (κ1) is 39.9. The van der Waals surface area contributed by atoms with Crippen LogP contribution in [0.15, 0.2) is 85.1 Å². The van der Waals surface area contributed by atoms with Gasteiger partial charge in [0, 0.05) is 49.5 Å². The summed E-state index contributed by atoms with van der Waals surface area (Å²) >= 11 is 0. The average molecular weight is 775 g/mol. The molecule has 0 aliphatic rings. The lowest BCUT2D eigenvalue weighted by Crippen LogP contribution is -2.22. The van der Waals surface area contributed by atoms with Gasteiger partial charge in [0.2, 0.25) is 17.4 Å². The zero-order valence-electron chi connectivity index (χ0n) is 31.9. The second-order valence-electron chi connectivity index (χ2n) is 13.9. The number of fused-ring (bicyclic) bond motifs is 1. The van der Waals surface area contributed by atoms with Gasteiger partial charge in [-0.05, 0) is 66.4 Å². The molecule has 0 fully saturated rings. The molecule has 0 saturated carbocycles. The van der Waals surface area contributed by atoms with E-state index in [1.807, 2.05) is 89.2 Å². The molecule has 4 N–H and O–H groups in total. The van der Waals surface area contributed by atoms with Gasteiger partial charge in [0.15, 0.2) is 5.75 Å². The van der Waals surface area contributed by atoms with Gasteiger partial charge in [-0.25, -0.2) is 18.2 Å². The Labute approximate surface area is 316 Å². The summed E-state index contributed by atoms with van der Waals surface area (Å²) in [6.07, 6.45) is 2.69. The average Bonchev–Trinajstić information content (AvgIpc) is 3.08. The van der Waals surface area contributed by atoms with Crippen LogP contribution in [-0.4, -0.2) is 60.2 Å². The lowest BCUT2D eigenvalue weighted by atomic mass is 9.86. The Balaban J connectivity index is 1.38. The minimum absolute atomic E-state index is 0.173. The van der Waals surface area contributed by atoms with Crippen LogP contribution >= 0.6 is 7.37 Å². The van der Waals surface area contributed by atoms with Crippen LogP contribution in [0.2, 0.25) is 0 Å². The summed E-state index contributed by atoms with van der Waals surface area (Å²) < 4.78 is 57.5. The first-order valence-corrected chi connectivity index (χ1v) is 21.1. The molecule has 1 unspecified atom stereocenters. The van der Waals surface area contributed by atoms with Gasteiger partial charge in [-0.2, -0.15) is 0 Å². The topological polar surface area (TPSA) is 160 Å². The molecule has 0 aliphatic carbocycles. The van der Waals surface area contributed by atoms with E-state index < -0.39 is 23.4 Å². The number of methoxy groups -OCH3 is 1. The van der Waals surface area contributed by atoms with Crippen LogP contribution in [0.25, 0.3) is 10.8 Å². The summed E-state index contributed by atoms with van der Waals surface area (Å²) in [4.78, 5) is 19.8. The van der Waals surface area contributed by atoms with Gasteiger partial charge in [0.05, 0.1) is 48.0 Å². The summed E-state index contributed by atoms with van der Waals surface area (Å²) in [5, 5.41) is 11.2.